The van der Waals surface area contributed by atoms with Crippen LogP contribution in [0, 0.1) is 24.5 Å². The number of nitrogens with zero attached hydrogens (tertiary/aromatic N) is 5. The molecule has 0 N–H and O–H groups in total. The number of fused-ring (bicyclic) bond motifs is 6. The van der Waals surface area contributed by atoms with Crippen molar-refractivity contribution < 1.29 is 0 Å². The summed E-state index contributed by atoms with van der Waals surface area (Å²) < 4.78 is 4.36. The average molecular weight is 636 g/mol. The van der Waals surface area contributed by atoms with E-state index in [1.165, 1.54) is 0 Å². The number of nitriles is 1. The van der Waals surface area contributed by atoms with Crippen LogP contribution in [0.25, 0.3) is 86.9 Å². The Labute approximate surface area is 288 Å². The molecular weight excluding hydrogens is 611 g/mol. The third-order valence-electron chi connectivity index (χ3n) is 9.59. The highest BCUT2D eigenvalue weighted by molar-refractivity contribution is 6.14. The van der Waals surface area contributed by atoms with Gasteiger partial charge in [0.15, 0.2) is 0 Å². The number of rotatable bonds is 4. The van der Waals surface area contributed by atoms with Crippen LogP contribution in [0.2, 0.25) is 0 Å². The zero-order valence-corrected chi connectivity index (χ0v) is 26.7. The predicted octanol–water partition coefficient (Wildman–Crippen LogP) is 12.2. The summed E-state index contributed by atoms with van der Waals surface area (Å²) in [6.07, 6.45) is 0. The SMILES string of the molecule is [C-]#[N+]c1cccc(-c2ccc(-c3cccc(-n4c5ccccc5c5cc(C#N)ccc54)c3)cc2)c1-n1c2ccccc2c2cccc([N+]#[C-])c21. The van der Waals surface area contributed by atoms with Crippen molar-refractivity contribution >= 4 is 55.0 Å². The van der Waals surface area contributed by atoms with Gasteiger partial charge in [0, 0.05) is 21.8 Å². The largest absolute Gasteiger partial charge is 0.328 e. The van der Waals surface area contributed by atoms with E-state index in [0.29, 0.717) is 16.9 Å². The molecule has 2 heterocycles. The van der Waals surface area contributed by atoms with Crippen LogP contribution in [0.3, 0.4) is 0 Å². The van der Waals surface area contributed by atoms with Crippen LogP contribution in [-0.2, 0) is 0 Å². The molecule has 0 bridgehead atoms. The minimum absolute atomic E-state index is 0.523. The lowest BCUT2D eigenvalue weighted by Gasteiger charge is -2.17. The molecule has 2 aromatic heterocycles. The Bertz CT molecular complexity index is 2960. The van der Waals surface area contributed by atoms with E-state index in [1.54, 1.807) is 0 Å². The van der Waals surface area contributed by atoms with Crippen molar-refractivity contribution in [2.75, 3.05) is 0 Å². The molecule has 0 radical (unpaired) electrons. The minimum atomic E-state index is 0.523. The Hall–Kier alpha value is -7.39. The van der Waals surface area contributed by atoms with Crippen molar-refractivity contribution in [1.82, 2.24) is 9.13 Å². The topological polar surface area (TPSA) is 42.4 Å². The molecule has 0 aliphatic heterocycles. The molecule has 230 valence electrons. The Kier molecular flexibility index (Phi) is 6.56. The lowest BCUT2D eigenvalue weighted by atomic mass is 9.98. The highest BCUT2D eigenvalue weighted by atomic mass is 15.0. The molecule has 0 fully saturated rings. The van der Waals surface area contributed by atoms with Crippen molar-refractivity contribution in [3.8, 4) is 39.7 Å². The molecule has 7 aromatic carbocycles. The quantitative estimate of drug-likeness (QED) is 0.177. The Morgan fingerprint density at radius 2 is 1.10 bits per heavy atom. The van der Waals surface area contributed by atoms with E-state index in [9.17, 15) is 5.26 Å². The molecule has 9 aromatic rings. The first-order chi connectivity index (χ1) is 24.7. The first-order valence-corrected chi connectivity index (χ1v) is 16.2. The molecule has 9 rings (SSSR count). The first kappa shape index (κ1) is 28.8. The van der Waals surface area contributed by atoms with E-state index in [0.717, 1.165) is 77.2 Å². The summed E-state index contributed by atoms with van der Waals surface area (Å²) in [5.74, 6) is 0. The van der Waals surface area contributed by atoms with Gasteiger partial charge in [-0.05, 0) is 70.1 Å². The summed E-state index contributed by atoms with van der Waals surface area (Å²) in [7, 11) is 0. The highest BCUT2D eigenvalue weighted by Gasteiger charge is 2.21. The van der Waals surface area contributed by atoms with E-state index in [2.05, 4.69) is 110 Å². The molecule has 0 amide bonds. The molecular formula is C45H25N5. The van der Waals surface area contributed by atoms with Crippen molar-refractivity contribution in [2.45, 2.75) is 0 Å². The summed E-state index contributed by atoms with van der Waals surface area (Å²) in [6, 6.07) is 53.3. The first-order valence-electron chi connectivity index (χ1n) is 16.2. The van der Waals surface area contributed by atoms with Gasteiger partial charge < -0.3 is 9.13 Å². The van der Waals surface area contributed by atoms with Crippen LogP contribution in [0.5, 0.6) is 0 Å². The fourth-order valence-electron chi connectivity index (χ4n) is 7.40. The maximum atomic E-state index is 9.56. The normalized spacial score (nSPS) is 11.1. The van der Waals surface area contributed by atoms with Crippen molar-refractivity contribution in [1.29, 1.82) is 5.26 Å². The van der Waals surface area contributed by atoms with Gasteiger partial charge in [-0.15, -0.1) is 0 Å². The Morgan fingerprint density at radius 3 is 1.86 bits per heavy atom. The standard InChI is InChI=1S/C45H25N5/c1-47-39-16-8-14-34(44(39)50-42-19-6-3-12-35(42)37-15-9-17-40(48-2)45(37)50)31-23-21-30(22-24-31)32-10-7-11-33(27-32)49-41-18-5-4-13-36(41)38-26-29(28-46)20-25-43(38)49/h3-27H. The maximum Gasteiger partial charge on any atom is 0.211 e. The molecule has 0 saturated carbocycles. The molecule has 50 heavy (non-hydrogen) atoms. The van der Waals surface area contributed by atoms with Gasteiger partial charge in [0.2, 0.25) is 11.4 Å². The second-order valence-electron chi connectivity index (χ2n) is 12.2. The molecule has 0 aliphatic carbocycles. The van der Waals surface area contributed by atoms with Crippen LogP contribution in [0.15, 0.2) is 152 Å². The van der Waals surface area contributed by atoms with Gasteiger partial charge in [0.1, 0.15) is 0 Å². The fourth-order valence-corrected chi connectivity index (χ4v) is 7.40. The summed E-state index contributed by atoms with van der Waals surface area (Å²) in [5, 5.41) is 13.8. The molecule has 0 saturated heterocycles. The lowest BCUT2D eigenvalue weighted by molar-refractivity contribution is 1.18. The maximum absolute atomic E-state index is 9.56. The highest BCUT2D eigenvalue weighted by Crippen LogP contribution is 2.43. The van der Waals surface area contributed by atoms with E-state index in [1.807, 2.05) is 66.7 Å². The van der Waals surface area contributed by atoms with Gasteiger partial charge in [-0.1, -0.05) is 109 Å². The monoisotopic (exact) mass is 635 g/mol. The zero-order chi connectivity index (χ0) is 33.8. The van der Waals surface area contributed by atoms with Crippen LogP contribution in [0.1, 0.15) is 5.56 Å². The molecule has 5 nitrogen and oxygen atoms in total. The summed E-state index contributed by atoms with van der Waals surface area (Å²) in [5.41, 5.74) is 11.5. The molecule has 0 aliphatic rings. The van der Waals surface area contributed by atoms with Crippen LogP contribution in [0.4, 0.5) is 11.4 Å². The van der Waals surface area contributed by atoms with Crippen molar-refractivity contribution in [3.63, 3.8) is 0 Å². The van der Waals surface area contributed by atoms with Gasteiger partial charge in [0.05, 0.1) is 52.5 Å². The third kappa shape index (κ3) is 4.31. The average Bonchev–Trinajstić information content (AvgIpc) is 3.70. The third-order valence-corrected chi connectivity index (χ3v) is 9.59. The number of aromatic nitrogens is 2. The second-order valence-corrected chi connectivity index (χ2v) is 12.2. The number of para-hydroxylation sites is 4. The van der Waals surface area contributed by atoms with E-state index < -0.39 is 0 Å². The number of hydrogen-bond donors (Lipinski definition) is 0. The number of benzene rings is 7. The fraction of sp³-hybridized carbons (Fsp3) is 0. The van der Waals surface area contributed by atoms with Gasteiger partial charge in [-0.2, -0.15) is 5.26 Å². The van der Waals surface area contributed by atoms with E-state index in [-0.39, 0.29) is 0 Å². The number of hydrogen-bond acceptors (Lipinski definition) is 1. The van der Waals surface area contributed by atoms with Gasteiger partial charge in [0.25, 0.3) is 0 Å². The van der Waals surface area contributed by atoms with Crippen LogP contribution >= 0.6 is 0 Å². The van der Waals surface area contributed by atoms with Crippen LogP contribution < -0.4 is 0 Å². The minimum Gasteiger partial charge on any atom is -0.328 e. The van der Waals surface area contributed by atoms with Gasteiger partial charge >= 0.3 is 0 Å². The van der Waals surface area contributed by atoms with E-state index >= 15 is 0 Å². The smallest absolute Gasteiger partial charge is 0.211 e. The summed E-state index contributed by atoms with van der Waals surface area (Å²) >= 11 is 0. The second kappa shape index (κ2) is 11.4. The van der Waals surface area contributed by atoms with Gasteiger partial charge in [-0.3, -0.25) is 0 Å². The lowest BCUT2D eigenvalue weighted by Crippen LogP contribution is -1.98. The Morgan fingerprint density at radius 1 is 0.480 bits per heavy atom. The van der Waals surface area contributed by atoms with Crippen molar-refractivity contribution in [3.05, 3.63) is 180 Å². The molecule has 0 spiro atoms. The van der Waals surface area contributed by atoms with Gasteiger partial charge in [-0.25, -0.2) is 9.69 Å². The molecule has 0 atom stereocenters. The van der Waals surface area contributed by atoms with Crippen molar-refractivity contribution in [2.24, 2.45) is 0 Å². The van der Waals surface area contributed by atoms with E-state index in [4.69, 9.17) is 13.1 Å². The summed E-state index contributed by atoms with van der Waals surface area (Å²) in [4.78, 5) is 7.85. The summed E-state index contributed by atoms with van der Waals surface area (Å²) in [6.45, 7) is 16.1. The molecule has 5 heteroatoms. The molecule has 0 unspecified atom stereocenters. The van der Waals surface area contributed by atoms with Crippen LogP contribution in [-0.4, -0.2) is 9.13 Å². The predicted molar refractivity (Wildman–Crippen MR) is 203 cm³/mol. The zero-order valence-electron chi connectivity index (χ0n) is 26.7. The Balaban J connectivity index is 1.18.